The monoisotopic (exact) mass is 563 g/mol. The van der Waals surface area contributed by atoms with Crippen LogP contribution in [0.4, 0.5) is 5.69 Å². The lowest BCUT2D eigenvalue weighted by Gasteiger charge is -2.34. The number of nitrogens with one attached hydrogen (secondary N) is 2. The molecule has 206 valence electrons. The van der Waals surface area contributed by atoms with Gasteiger partial charge in [0.1, 0.15) is 11.6 Å². The molecule has 1 saturated carbocycles. The third-order valence-corrected chi connectivity index (χ3v) is 9.10. The van der Waals surface area contributed by atoms with E-state index in [-0.39, 0.29) is 23.8 Å². The fourth-order valence-corrected chi connectivity index (χ4v) is 6.97. The van der Waals surface area contributed by atoms with Gasteiger partial charge in [-0.3, -0.25) is 14.4 Å². The van der Waals surface area contributed by atoms with Crippen LogP contribution in [0, 0.1) is 11.8 Å². The fourth-order valence-electron chi connectivity index (χ4n) is 6.67. The largest absolute Gasteiger partial charge is 0.382 e. The molecule has 1 spiro atoms. The molecule has 10 heteroatoms. The Morgan fingerprint density at radius 3 is 2.61 bits per heavy atom. The van der Waals surface area contributed by atoms with Crippen molar-refractivity contribution in [2.45, 2.75) is 75.7 Å². The first-order chi connectivity index (χ1) is 18.2. The van der Waals surface area contributed by atoms with Crippen LogP contribution in [-0.2, 0) is 23.9 Å². The Balaban J connectivity index is 1.44. The average Bonchev–Trinajstić information content (AvgIpc) is 3.45. The lowest BCUT2D eigenvalue weighted by molar-refractivity contribution is -0.144. The van der Waals surface area contributed by atoms with E-state index in [1.54, 1.807) is 30.0 Å². The summed E-state index contributed by atoms with van der Waals surface area (Å²) in [5.41, 5.74) is -1.77. The van der Waals surface area contributed by atoms with Crippen LogP contribution in [0.3, 0.4) is 0 Å². The van der Waals surface area contributed by atoms with Crippen LogP contribution >= 0.6 is 23.2 Å². The number of benzene rings is 1. The van der Waals surface area contributed by atoms with Crippen LogP contribution in [-0.4, -0.2) is 65.7 Å². The predicted octanol–water partition coefficient (Wildman–Crippen LogP) is 4.35. The van der Waals surface area contributed by atoms with Gasteiger partial charge in [0.2, 0.25) is 17.7 Å². The van der Waals surface area contributed by atoms with Crippen molar-refractivity contribution in [2.75, 3.05) is 25.1 Å². The van der Waals surface area contributed by atoms with E-state index in [2.05, 4.69) is 10.6 Å². The number of hydrogen-bond donors (Lipinski definition) is 2. The lowest BCUT2D eigenvalue weighted by Crippen LogP contribution is -2.56. The molecule has 38 heavy (non-hydrogen) atoms. The first-order valence-electron chi connectivity index (χ1n) is 13.6. The second-order valence-electron chi connectivity index (χ2n) is 10.9. The number of fused-ring (bicyclic) bond motifs is 1. The number of ether oxygens (including phenoxy) is 2. The minimum atomic E-state index is -1.21. The van der Waals surface area contributed by atoms with Crippen LogP contribution in [0.2, 0.25) is 10.0 Å². The summed E-state index contributed by atoms with van der Waals surface area (Å²) in [6.07, 6.45) is 9.43. The third-order valence-electron chi connectivity index (χ3n) is 8.36. The second kappa shape index (κ2) is 10.8. The van der Waals surface area contributed by atoms with E-state index < -0.39 is 29.1 Å². The molecule has 3 heterocycles. The van der Waals surface area contributed by atoms with Crippen molar-refractivity contribution in [1.29, 1.82) is 0 Å². The van der Waals surface area contributed by atoms with E-state index >= 15 is 0 Å². The molecular formula is C28H35Cl2N3O5. The zero-order valence-corrected chi connectivity index (χ0v) is 23.3. The van der Waals surface area contributed by atoms with Crippen LogP contribution in [0.5, 0.6) is 0 Å². The van der Waals surface area contributed by atoms with Gasteiger partial charge in [0.05, 0.1) is 27.5 Å². The predicted molar refractivity (Wildman–Crippen MR) is 145 cm³/mol. The van der Waals surface area contributed by atoms with Gasteiger partial charge in [-0.1, -0.05) is 54.6 Å². The van der Waals surface area contributed by atoms with Gasteiger partial charge in [0.15, 0.2) is 0 Å². The van der Waals surface area contributed by atoms with Crippen molar-refractivity contribution >= 4 is 46.6 Å². The van der Waals surface area contributed by atoms with Gasteiger partial charge in [-0.2, -0.15) is 0 Å². The number of rotatable bonds is 9. The first kappa shape index (κ1) is 27.4. The molecule has 5 atom stereocenters. The smallest absolute Gasteiger partial charge is 0.246 e. The molecular weight excluding hydrogens is 529 g/mol. The summed E-state index contributed by atoms with van der Waals surface area (Å²) in [5, 5.41) is 6.78. The van der Waals surface area contributed by atoms with E-state index in [0.29, 0.717) is 41.9 Å². The van der Waals surface area contributed by atoms with Crippen molar-refractivity contribution in [3.05, 3.63) is 40.4 Å². The van der Waals surface area contributed by atoms with Crippen molar-refractivity contribution in [1.82, 2.24) is 10.2 Å². The number of hydrogen-bond acceptors (Lipinski definition) is 5. The van der Waals surface area contributed by atoms with Crippen molar-refractivity contribution in [2.24, 2.45) is 11.8 Å². The molecule has 2 N–H and O–H groups in total. The fraction of sp³-hybridized carbons (Fsp3) is 0.607. The zero-order valence-electron chi connectivity index (χ0n) is 21.8. The quantitative estimate of drug-likeness (QED) is 0.344. The number of halogens is 2. The molecule has 1 aromatic rings. The summed E-state index contributed by atoms with van der Waals surface area (Å²) in [6.45, 7) is 5.12. The number of carbonyl (C=O) groups is 3. The summed E-state index contributed by atoms with van der Waals surface area (Å²) in [4.78, 5) is 43.2. The molecule has 3 aliphatic heterocycles. The summed E-state index contributed by atoms with van der Waals surface area (Å²) in [6, 6.07) is 4.06. The van der Waals surface area contributed by atoms with E-state index in [4.69, 9.17) is 32.7 Å². The summed E-state index contributed by atoms with van der Waals surface area (Å²) < 4.78 is 12.1. The van der Waals surface area contributed by atoms with Crippen LogP contribution < -0.4 is 10.6 Å². The van der Waals surface area contributed by atoms with Gasteiger partial charge in [-0.05, 0) is 51.3 Å². The highest BCUT2D eigenvalue weighted by molar-refractivity contribution is 6.42. The van der Waals surface area contributed by atoms with Gasteiger partial charge in [-0.25, -0.2) is 0 Å². The molecule has 2 bridgehead atoms. The minimum absolute atomic E-state index is 0.0824. The van der Waals surface area contributed by atoms with Crippen molar-refractivity contribution in [3.8, 4) is 0 Å². The SMILES string of the molecule is CCOCCCN1C(=O)[C@H]2[C@@H](C(=O)Nc3ccc(Cl)c(Cl)c3)[C@@]3(C)C=C[C@@]2(O3)[C@H]1C(=O)NC1CCCCC1. The van der Waals surface area contributed by atoms with Gasteiger partial charge in [-0.15, -0.1) is 0 Å². The molecule has 8 nitrogen and oxygen atoms in total. The number of amides is 3. The Bertz CT molecular complexity index is 1140. The Morgan fingerprint density at radius 1 is 1.13 bits per heavy atom. The van der Waals surface area contributed by atoms with Gasteiger partial charge < -0.3 is 25.0 Å². The van der Waals surface area contributed by atoms with E-state index in [1.807, 2.05) is 19.1 Å². The highest BCUT2D eigenvalue weighted by atomic mass is 35.5. The van der Waals surface area contributed by atoms with E-state index in [9.17, 15) is 14.4 Å². The Labute approximate surface area is 233 Å². The number of anilines is 1. The average molecular weight is 565 g/mol. The molecule has 5 rings (SSSR count). The molecule has 0 aromatic heterocycles. The van der Waals surface area contributed by atoms with Gasteiger partial charge in [0, 0.05) is 31.5 Å². The maximum Gasteiger partial charge on any atom is 0.246 e. The number of carbonyl (C=O) groups excluding carboxylic acids is 3. The topological polar surface area (TPSA) is 97.0 Å². The molecule has 0 radical (unpaired) electrons. The van der Waals surface area contributed by atoms with Gasteiger partial charge >= 0.3 is 0 Å². The molecule has 0 unspecified atom stereocenters. The maximum atomic E-state index is 14.0. The highest BCUT2D eigenvalue weighted by Crippen LogP contribution is 2.59. The Hall–Kier alpha value is -2.13. The van der Waals surface area contributed by atoms with Crippen LogP contribution in [0.1, 0.15) is 52.4 Å². The Kier molecular flexibility index (Phi) is 7.80. The van der Waals surface area contributed by atoms with Crippen LogP contribution in [0.25, 0.3) is 0 Å². The molecule has 3 amide bonds. The van der Waals surface area contributed by atoms with Gasteiger partial charge in [0.25, 0.3) is 0 Å². The maximum absolute atomic E-state index is 14.0. The molecule has 2 saturated heterocycles. The number of nitrogens with zero attached hydrogens (tertiary/aromatic N) is 1. The second-order valence-corrected chi connectivity index (χ2v) is 11.7. The lowest BCUT2D eigenvalue weighted by atomic mass is 9.70. The Morgan fingerprint density at radius 2 is 1.89 bits per heavy atom. The molecule has 1 aromatic carbocycles. The molecule has 1 aliphatic carbocycles. The minimum Gasteiger partial charge on any atom is -0.382 e. The molecule has 3 fully saturated rings. The highest BCUT2D eigenvalue weighted by Gasteiger charge is 2.76. The summed E-state index contributed by atoms with van der Waals surface area (Å²) in [5.74, 6) is -2.47. The van der Waals surface area contributed by atoms with Crippen molar-refractivity contribution < 1.29 is 23.9 Å². The van der Waals surface area contributed by atoms with Crippen LogP contribution in [0.15, 0.2) is 30.4 Å². The first-order valence-corrected chi connectivity index (χ1v) is 14.3. The zero-order chi connectivity index (χ0) is 27.1. The standard InChI is InChI=1S/C28H35Cl2N3O5/c1-3-37-15-7-14-33-23(25(35)31-17-8-5-4-6-9-17)28-13-12-27(2,38-28)21(22(28)26(33)36)24(34)32-18-10-11-19(29)20(30)16-18/h10-13,16-17,21-23H,3-9,14-15H2,1-2H3,(H,31,35)(H,32,34)/t21-,22+,23+,27+,28-/m0/s1. The van der Waals surface area contributed by atoms with E-state index in [1.165, 1.54) is 6.42 Å². The number of likely N-dealkylation sites (tertiary alicyclic amines) is 1. The third kappa shape index (κ3) is 4.74. The molecule has 4 aliphatic rings. The van der Waals surface area contributed by atoms with E-state index in [0.717, 1.165) is 25.7 Å². The normalized spacial score (nSPS) is 32.1. The summed E-state index contributed by atoms with van der Waals surface area (Å²) >= 11 is 12.2. The van der Waals surface area contributed by atoms with Crippen molar-refractivity contribution in [3.63, 3.8) is 0 Å². The summed E-state index contributed by atoms with van der Waals surface area (Å²) in [7, 11) is 0.